The monoisotopic (exact) mass is 460 g/mol. The van der Waals surface area contributed by atoms with Crippen molar-refractivity contribution < 1.29 is 23.1 Å². The number of benzene rings is 2. The number of hydrogen-bond acceptors (Lipinski definition) is 4. The highest BCUT2D eigenvalue weighted by Crippen LogP contribution is 2.39. The molecule has 2 amide bonds. The fourth-order valence-electron chi connectivity index (χ4n) is 3.80. The normalized spacial score (nSPS) is 14.7. The van der Waals surface area contributed by atoms with Gasteiger partial charge < -0.3 is 15.0 Å². The van der Waals surface area contributed by atoms with Crippen molar-refractivity contribution in [3.05, 3.63) is 75.9 Å². The predicted molar refractivity (Wildman–Crippen MR) is 114 cm³/mol. The summed E-state index contributed by atoms with van der Waals surface area (Å²) in [7, 11) is 3.20. The van der Waals surface area contributed by atoms with Gasteiger partial charge in [-0.25, -0.2) is 13.6 Å². The third kappa shape index (κ3) is 4.16. The van der Waals surface area contributed by atoms with Crippen LogP contribution in [-0.2, 0) is 13.5 Å². The second-order valence-electron chi connectivity index (χ2n) is 7.43. The molecule has 10 heteroatoms. The highest BCUT2D eigenvalue weighted by atomic mass is 35.5. The molecule has 0 unspecified atom stereocenters. The lowest BCUT2D eigenvalue weighted by Crippen LogP contribution is -2.33. The fraction of sp³-hybridized carbons (Fsp3) is 0.227. The number of nitrogens with one attached hydrogen (secondary N) is 1. The molecule has 0 saturated carbocycles. The van der Waals surface area contributed by atoms with Gasteiger partial charge in [0.25, 0.3) is 5.91 Å². The number of aromatic nitrogens is 2. The summed E-state index contributed by atoms with van der Waals surface area (Å²) in [4.78, 5) is 26.7. The number of carbonyl (C=O) groups is 2. The molecule has 1 aliphatic rings. The Labute approximate surface area is 187 Å². The molecule has 7 nitrogen and oxygen atoms in total. The second kappa shape index (κ2) is 8.58. The van der Waals surface area contributed by atoms with E-state index in [1.54, 1.807) is 19.3 Å². The standard InChI is InChI=1S/C22H19ClF2N4O3/c1-28-10-9-19(27-28)32-22(31)29(2)18-8-5-13-14(4-7-17(25)20(13)18)21(30)26-12-3-6-16(24)15(23)11-12/h3-4,6-7,9-11,18H,5,8H2,1-2H3,(H,26,30)/t18-/m0/s1. The summed E-state index contributed by atoms with van der Waals surface area (Å²) in [6, 6.07) is 7.35. The van der Waals surface area contributed by atoms with E-state index in [0.29, 0.717) is 24.1 Å². The van der Waals surface area contributed by atoms with E-state index in [9.17, 15) is 18.4 Å². The molecule has 1 aromatic heterocycles. The molecule has 1 atom stereocenters. The van der Waals surface area contributed by atoms with Crippen molar-refractivity contribution in [3.63, 3.8) is 0 Å². The quantitative estimate of drug-likeness (QED) is 0.611. The summed E-state index contributed by atoms with van der Waals surface area (Å²) in [5, 5.41) is 6.52. The molecule has 4 rings (SSSR count). The first-order valence-electron chi connectivity index (χ1n) is 9.76. The van der Waals surface area contributed by atoms with Crippen LogP contribution in [0.3, 0.4) is 0 Å². The van der Waals surface area contributed by atoms with Crippen LogP contribution in [0.15, 0.2) is 42.6 Å². The molecule has 0 radical (unpaired) electrons. The number of amides is 2. The number of rotatable bonds is 4. The van der Waals surface area contributed by atoms with Gasteiger partial charge in [0.15, 0.2) is 0 Å². The number of aryl methyl sites for hydroxylation is 1. The first-order valence-corrected chi connectivity index (χ1v) is 10.1. The Morgan fingerprint density at radius 1 is 1.22 bits per heavy atom. The maximum absolute atomic E-state index is 14.8. The van der Waals surface area contributed by atoms with Crippen molar-refractivity contribution >= 4 is 29.3 Å². The number of ether oxygens (including phenoxy) is 1. The average Bonchev–Trinajstić information content (AvgIpc) is 3.37. The fourth-order valence-corrected chi connectivity index (χ4v) is 3.98. The third-order valence-corrected chi connectivity index (χ3v) is 5.65. The number of halogens is 3. The van der Waals surface area contributed by atoms with E-state index >= 15 is 0 Å². The Bertz CT molecular complexity index is 1210. The van der Waals surface area contributed by atoms with E-state index in [1.165, 1.54) is 40.9 Å². The Hall–Kier alpha value is -3.46. The van der Waals surface area contributed by atoms with Gasteiger partial charge in [-0.05, 0) is 48.7 Å². The molecule has 166 valence electrons. The SMILES string of the molecule is CN(C(=O)Oc1ccn(C)n1)[C@H]1CCc2c(C(=O)Nc3ccc(F)c(Cl)c3)ccc(F)c21. The smallest absolute Gasteiger partial charge is 0.389 e. The predicted octanol–water partition coefficient (Wildman–Crippen LogP) is 4.72. The molecule has 32 heavy (non-hydrogen) atoms. The maximum atomic E-state index is 14.8. The lowest BCUT2D eigenvalue weighted by Gasteiger charge is -2.24. The van der Waals surface area contributed by atoms with Gasteiger partial charge in [-0.15, -0.1) is 5.10 Å². The molecule has 1 heterocycles. The number of anilines is 1. The lowest BCUT2D eigenvalue weighted by atomic mass is 10.0. The van der Waals surface area contributed by atoms with Crippen LogP contribution in [0, 0.1) is 11.6 Å². The second-order valence-corrected chi connectivity index (χ2v) is 7.84. The topological polar surface area (TPSA) is 76.5 Å². The van der Waals surface area contributed by atoms with Crippen LogP contribution in [0.1, 0.15) is 33.9 Å². The van der Waals surface area contributed by atoms with E-state index in [4.69, 9.17) is 16.3 Å². The van der Waals surface area contributed by atoms with E-state index in [2.05, 4.69) is 10.4 Å². The van der Waals surface area contributed by atoms with Crippen molar-refractivity contribution in [2.24, 2.45) is 7.05 Å². The summed E-state index contributed by atoms with van der Waals surface area (Å²) in [6.07, 6.45) is 1.77. The van der Waals surface area contributed by atoms with Gasteiger partial charge in [0.1, 0.15) is 11.6 Å². The molecule has 0 saturated heterocycles. The average molecular weight is 461 g/mol. The molecule has 3 aromatic rings. The van der Waals surface area contributed by atoms with Crippen LogP contribution in [0.4, 0.5) is 19.3 Å². The van der Waals surface area contributed by atoms with Crippen molar-refractivity contribution in [1.29, 1.82) is 0 Å². The van der Waals surface area contributed by atoms with Crippen LogP contribution >= 0.6 is 11.6 Å². The van der Waals surface area contributed by atoms with Crippen molar-refractivity contribution in [3.8, 4) is 5.88 Å². The molecule has 0 bridgehead atoms. The molecular weight excluding hydrogens is 442 g/mol. The summed E-state index contributed by atoms with van der Waals surface area (Å²) >= 11 is 5.77. The van der Waals surface area contributed by atoms with Crippen LogP contribution in [0.5, 0.6) is 5.88 Å². The van der Waals surface area contributed by atoms with Gasteiger partial charge >= 0.3 is 6.09 Å². The Morgan fingerprint density at radius 2 is 1.97 bits per heavy atom. The third-order valence-electron chi connectivity index (χ3n) is 5.36. The number of nitrogens with zero attached hydrogens (tertiary/aromatic N) is 3. The van der Waals surface area contributed by atoms with Gasteiger partial charge in [0.05, 0.1) is 11.1 Å². The molecule has 0 fully saturated rings. The van der Waals surface area contributed by atoms with Gasteiger partial charge in [-0.2, -0.15) is 0 Å². The zero-order valence-corrected chi connectivity index (χ0v) is 18.0. The van der Waals surface area contributed by atoms with Gasteiger partial charge in [-0.3, -0.25) is 9.48 Å². The van der Waals surface area contributed by atoms with Crippen molar-refractivity contribution in [2.45, 2.75) is 18.9 Å². The van der Waals surface area contributed by atoms with Gasteiger partial charge in [0.2, 0.25) is 5.88 Å². The van der Waals surface area contributed by atoms with E-state index in [-0.39, 0.29) is 22.0 Å². The molecular formula is C22H19ClF2N4O3. The first-order chi connectivity index (χ1) is 15.2. The number of carbonyl (C=O) groups excluding carboxylic acids is 2. The van der Waals surface area contributed by atoms with Gasteiger partial charge in [-0.1, -0.05) is 11.6 Å². The molecule has 0 aliphatic heterocycles. The van der Waals surface area contributed by atoms with Crippen LogP contribution in [0.2, 0.25) is 5.02 Å². The summed E-state index contributed by atoms with van der Waals surface area (Å²) in [5.74, 6) is -1.46. The highest BCUT2D eigenvalue weighted by Gasteiger charge is 2.35. The molecule has 1 aliphatic carbocycles. The van der Waals surface area contributed by atoms with Crippen molar-refractivity contribution in [2.75, 3.05) is 12.4 Å². The number of fused-ring (bicyclic) bond motifs is 1. The van der Waals surface area contributed by atoms with E-state index in [0.717, 1.165) is 6.07 Å². The summed E-state index contributed by atoms with van der Waals surface area (Å²) in [6.45, 7) is 0. The Kier molecular flexibility index (Phi) is 5.84. The zero-order valence-electron chi connectivity index (χ0n) is 17.2. The van der Waals surface area contributed by atoms with Crippen LogP contribution < -0.4 is 10.1 Å². The minimum atomic E-state index is -0.684. The minimum Gasteiger partial charge on any atom is -0.389 e. The minimum absolute atomic E-state index is 0.125. The Morgan fingerprint density at radius 3 is 2.66 bits per heavy atom. The molecule has 1 N–H and O–H groups in total. The van der Waals surface area contributed by atoms with Crippen LogP contribution in [-0.4, -0.2) is 33.7 Å². The largest absolute Gasteiger partial charge is 0.416 e. The zero-order chi connectivity index (χ0) is 23.0. The summed E-state index contributed by atoms with van der Waals surface area (Å²) < 4.78 is 34.9. The van der Waals surface area contributed by atoms with Crippen molar-refractivity contribution in [1.82, 2.24) is 14.7 Å². The Balaban J connectivity index is 1.57. The van der Waals surface area contributed by atoms with Crippen LogP contribution in [0.25, 0.3) is 0 Å². The van der Waals surface area contributed by atoms with Gasteiger partial charge in [0, 0.05) is 43.2 Å². The maximum Gasteiger partial charge on any atom is 0.416 e. The lowest BCUT2D eigenvalue weighted by molar-refractivity contribution is 0.102. The van der Waals surface area contributed by atoms with E-state index < -0.39 is 29.7 Å². The molecule has 2 aromatic carbocycles. The highest BCUT2D eigenvalue weighted by molar-refractivity contribution is 6.31. The number of hydrogen-bond donors (Lipinski definition) is 1. The molecule has 0 spiro atoms. The summed E-state index contributed by atoms with van der Waals surface area (Å²) in [5.41, 5.74) is 1.37. The van der Waals surface area contributed by atoms with E-state index in [1.807, 2.05) is 0 Å². The first kappa shape index (κ1) is 21.8.